The van der Waals surface area contributed by atoms with Crippen molar-refractivity contribution in [2.45, 2.75) is 6.42 Å². The molecular formula is C23H22N4O2. The first-order chi connectivity index (χ1) is 14.2. The largest absolute Gasteiger partial charge is 0.339 e. The zero-order valence-corrected chi connectivity index (χ0v) is 16.1. The molecule has 0 bridgehead atoms. The molecule has 1 aliphatic heterocycles. The fourth-order valence-corrected chi connectivity index (χ4v) is 3.46. The van der Waals surface area contributed by atoms with E-state index < -0.39 is 0 Å². The molecule has 6 nitrogen and oxygen atoms in total. The van der Waals surface area contributed by atoms with Crippen molar-refractivity contribution in [1.82, 2.24) is 19.8 Å². The quantitative estimate of drug-likeness (QED) is 0.691. The molecule has 0 aliphatic carbocycles. The van der Waals surface area contributed by atoms with Gasteiger partial charge in [-0.25, -0.2) is 0 Å². The van der Waals surface area contributed by atoms with E-state index in [-0.39, 0.29) is 11.8 Å². The highest BCUT2D eigenvalue weighted by Gasteiger charge is 2.25. The number of hydrogen-bond donors (Lipinski definition) is 0. The number of hydrogen-bond acceptors (Lipinski definition) is 4. The van der Waals surface area contributed by atoms with E-state index in [0.29, 0.717) is 38.2 Å². The van der Waals surface area contributed by atoms with E-state index in [4.69, 9.17) is 0 Å². The molecule has 29 heavy (non-hydrogen) atoms. The Morgan fingerprint density at radius 1 is 0.793 bits per heavy atom. The van der Waals surface area contributed by atoms with Gasteiger partial charge in [-0.1, -0.05) is 24.3 Å². The van der Waals surface area contributed by atoms with Crippen molar-refractivity contribution in [2.75, 3.05) is 26.2 Å². The van der Waals surface area contributed by atoms with E-state index in [1.807, 2.05) is 70.5 Å². The van der Waals surface area contributed by atoms with E-state index in [0.717, 1.165) is 17.0 Å². The van der Waals surface area contributed by atoms with Crippen molar-refractivity contribution in [2.24, 2.45) is 0 Å². The van der Waals surface area contributed by atoms with E-state index in [9.17, 15) is 9.59 Å². The van der Waals surface area contributed by atoms with Gasteiger partial charge in [-0.15, -0.1) is 0 Å². The van der Waals surface area contributed by atoms with E-state index in [2.05, 4.69) is 9.97 Å². The fraction of sp³-hybridized carbons (Fsp3) is 0.217. The number of nitrogens with zero attached hydrogens (tertiary/aromatic N) is 4. The Bertz CT molecular complexity index is 984. The van der Waals surface area contributed by atoms with Gasteiger partial charge in [0.2, 0.25) is 5.91 Å². The van der Waals surface area contributed by atoms with E-state index in [1.54, 1.807) is 12.4 Å². The number of carbonyl (C=O) groups is 2. The first kappa shape index (κ1) is 18.8. The lowest BCUT2D eigenvalue weighted by Crippen LogP contribution is -2.51. The minimum atomic E-state index is -0.0143. The molecule has 1 fully saturated rings. The van der Waals surface area contributed by atoms with E-state index in [1.165, 1.54) is 0 Å². The lowest BCUT2D eigenvalue weighted by atomic mass is 10.1. The summed E-state index contributed by atoms with van der Waals surface area (Å²) in [5.41, 5.74) is 3.16. The topological polar surface area (TPSA) is 66.4 Å². The number of carbonyl (C=O) groups excluding carboxylic acids is 2. The van der Waals surface area contributed by atoms with Gasteiger partial charge >= 0.3 is 0 Å². The summed E-state index contributed by atoms with van der Waals surface area (Å²) in [5.74, 6) is 0.0348. The van der Waals surface area contributed by atoms with Gasteiger partial charge < -0.3 is 9.80 Å². The molecule has 1 saturated heterocycles. The molecule has 146 valence electrons. The van der Waals surface area contributed by atoms with Crippen LogP contribution in [-0.2, 0) is 11.2 Å². The minimum absolute atomic E-state index is 0.0143. The van der Waals surface area contributed by atoms with Crippen LogP contribution in [0.1, 0.15) is 16.1 Å². The third-order valence-electron chi connectivity index (χ3n) is 5.05. The second-order valence-electron chi connectivity index (χ2n) is 6.97. The summed E-state index contributed by atoms with van der Waals surface area (Å²) >= 11 is 0. The molecule has 0 radical (unpaired) electrons. The van der Waals surface area contributed by atoms with Gasteiger partial charge in [-0.2, -0.15) is 0 Å². The Morgan fingerprint density at radius 2 is 1.52 bits per heavy atom. The molecule has 2 amide bonds. The van der Waals surface area contributed by atoms with Crippen molar-refractivity contribution >= 4 is 11.8 Å². The summed E-state index contributed by atoms with van der Waals surface area (Å²) in [6.07, 6.45) is 3.73. The summed E-state index contributed by atoms with van der Waals surface area (Å²) in [7, 11) is 0. The third-order valence-corrected chi connectivity index (χ3v) is 5.05. The van der Waals surface area contributed by atoms with Crippen LogP contribution >= 0.6 is 0 Å². The van der Waals surface area contributed by atoms with Gasteiger partial charge in [-0.05, 0) is 36.4 Å². The summed E-state index contributed by atoms with van der Waals surface area (Å²) in [4.78, 5) is 37.6. The summed E-state index contributed by atoms with van der Waals surface area (Å²) < 4.78 is 0. The number of benzene rings is 1. The van der Waals surface area contributed by atoms with Crippen LogP contribution in [0, 0.1) is 0 Å². The lowest BCUT2D eigenvalue weighted by molar-refractivity contribution is -0.132. The number of piperazine rings is 1. The second kappa shape index (κ2) is 8.65. The minimum Gasteiger partial charge on any atom is -0.339 e. The predicted octanol–water partition coefficient (Wildman–Crippen LogP) is 2.67. The maximum Gasteiger partial charge on any atom is 0.253 e. The Balaban J connectivity index is 1.37. The highest BCUT2D eigenvalue weighted by atomic mass is 16.2. The maximum absolute atomic E-state index is 12.9. The second-order valence-corrected chi connectivity index (χ2v) is 6.97. The number of amides is 2. The molecule has 0 N–H and O–H groups in total. The smallest absolute Gasteiger partial charge is 0.253 e. The molecule has 1 aromatic carbocycles. The molecule has 6 heteroatoms. The Labute approximate surface area is 169 Å². The molecular weight excluding hydrogens is 364 g/mol. The predicted molar refractivity (Wildman–Crippen MR) is 110 cm³/mol. The molecule has 3 aromatic rings. The van der Waals surface area contributed by atoms with Crippen LogP contribution in [0.25, 0.3) is 11.3 Å². The zero-order chi connectivity index (χ0) is 20.1. The number of pyridine rings is 2. The third kappa shape index (κ3) is 4.48. The van der Waals surface area contributed by atoms with Gasteiger partial charge in [0, 0.05) is 55.4 Å². The van der Waals surface area contributed by atoms with Crippen molar-refractivity contribution in [3.8, 4) is 11.3 Å². The van der Waals surface area contributed by atoms with Gasteiger partial charge in [0.25, 0.3) is 5.91 Å². The van der Waals surface area contributed by atoms with Crippen LogP contribution in [0.4, 0.5) is 0 Å². The van der Waals surface area contributed by atoms with Gasteiger partial charge in [-0.3, -0.25) is 19.6 Å². The monoisotopic (exact) mass is 386 g/mol. The van der Waals surface area contributed by atoms with Crippen LogP contribution in [-0.4, -0.2) is 57.8 Å². The molecule has 0 atom stereocenters. The highest BCUT2D eigenvalue weighted by Crippen LogP contribution is 2.19. The van der Waals surface area contributed by atoms with Gasteiger partial charge in [0.15, 0.2) is 0 Å². The summed E-state index contributed by atoms with van der Waals surface area (Å²) in [6.45, 7) is 2.13. The van der Waals surface area contributed by atoms with Crippen LogP contribution in [0.5, 0.6) is 0 Å². The fourth-order valence-electron chi connectivity index (χ4n) is 3.46. The first-order valence-electron chi connectivity index (χ1n) is 9.69. The van der Waals surface area contributed by atoms with Crippen LogP contribution in [0.3, 0.4) is 0 Å². The van der Waals surface area contributed by atoms with Crippen molar-refractivity contribution in [3.63, 3.8) is 0 Å². The number of aromatic nitrogens is 2. The van der Waals surface area contributed by atoms with Gasteiger partial charge in [0.05, 0.1) is 12.1 Å². The molecule has 4 rings (SSSR count). The molecule has 0 spiro atoms. The molecule has 0 unspecified atom stereocenters. The highest BCUT2D eigenvalue weighted by molar-refractivity contribution is 5.95. The van der Waals surface area contributed by atoms with E-state index >= 15 is 0 Å². The SMILES string of the molecule is O=C(Cc1ccccn1)N1CCN(C(=O)c2cccc(-c3ccccn3)c2)CC1. The van der Waals surface area contributed by atoms with Crippen LogP contribution < -0.4 is 0 Å². The van der Waals surface area contributed by atoms with Crippen LogP contribution in [0.2, 0.25) is 0 Å². The molecule has 0 saturated carbocycles. The molecule has 3 heterocycles. The summed E-state index contributed by atoms with van der Waals surface area (Å²) in [5, 5.41) is 0. The first-order valence-corrected chi connectivity index (χ1v) is 9.69. The van der Waals surface area contributed by atoms with Crippen molar-refractivity contribution in [3.05, 3.63) is 84.3 Å². The lowest BCUT2D eigenvalue weighted by Gasteiger charge is -2.35. The Hall–Kier alpha value is -3.54. The molecule has 1 aliphatic rings. The number of rotatable bonds is 4. The standard InChI is InChI=1S/C23H22N4O2/c28-22(17-20-8-1-3-10-24-20)26-12-14-27(15-13-26)23(29)19-7-5-6-18(16-19)21-9-2-4-11-25-21/h1-11,16H,12-15,17H2. The average Bonchev–Trinajstić information content (AvgIpc) is 2.80. The van der Waals surface area contributed by atoms with Crippen molar-refractivity contribution < 1.29 is 9.59 Å². The van der Waals surface area contributed by atoms with Crippen LogP contribution in [0.15, 0.2) is 73.1 Å². The zero-order valence-electron chi connectivity index (χ0n) is 16.1. The molecule has 2 aromatic heterocycles. The average molecular weight is 386 g/mol. The Morgan fingerprint density at radius 3 is 2.21 bits per heavy atom. The van der Waals surface area contributed by atoms with Gasteiger partial charge in [0.1, 0.15) is 0 Å². The Kier molecular flexibility index (Phi) is 5.61. The summed E-state index contributed by atoms with van der Waals surface area (Å²) in [6, 6.07) is 18.8. The maximum atomic E-state index is 12.9. The van der Waals surface area contributed by atoms with Crippen molar-refractivity contribution in [1.29, 1.82) is 0 Å². The normalized spacial score (nSPS) is 13.9.